The van der Waals surface area contributed by atoms with Crippen molar-refractivity contribution in [2.75, 3.05) is 65.1 Å². The van der Waals surface area contributed by atoms with Gasteiger partial charge in [-0.2, -0.15) is 0 Å². The van der Waals surface area contributed by atoms with Crippen LogP contribution in [0.15, 0.2) is 65.1 Å². The molecule has 3 amide bonds. The van der Waals surface area contributed by atoms with E-state index in [2.05, 4.69) is 25.3 Å². The number of ether oxygens (including phenoxy) is 6. The molecule has 25 heteroatoms. The molecule has 1 aromatic rings. The number of carbonyl (C=O) groups excluding carboxylic acids is 6. The van der Waals surface area contributed by atoms with Gasteiger partial charge in [0.15, 0.2) is 5.78 Å². The number of fused-ring (bicyclic) bond motifs is 3. The summed E-state index contributed by atoms with van der Waals surface area (Å²) in [4.78, 5) is 100. The molecule has 1 saturated carbocycles. The molecule has 25 nitrogen and oxygen atoms in total. The second-order valence-electron chi connectivity index (χ2n) is 24.9. The number of methoxy groups -OCH3 is 2. The number of ketones is 2. The van der Waals surface area contributed by atoms with Crippen LogP contribution in [0, 0.1) is 29.6 Å². The number of nitrogens with two attached hydrogens (primary N) is 1. The highest BCUT2D eigenvalue weighted by molar-refractivity contribution is 6.39. The zero-order valence-electron chi connectivity index (χ0n) is 53.5. The van der Waals surface area contributed by atoms with E-state index in [1.54, 1.807) is 53.3 Å². The number of nitrogens with one attached hydrogen (secondary N) is 1. The standard InChI is InChI=1S/C64H98N10O15/c1-10-86-29-23-55(75)72-25-27-73(28-26-72)62-67-36-46(37-68-62)38-69-63(82)88-51-22-20-45(33-54(51)85-9)32-48(65)53-35-49(70-71-66)41(4)31-43(6)57(77)58(78)56(76)42(5)30-39(2)16-12-11-13-17-40(3)52(84-8)34-47-21-19-44(7)64(83,89-47)59(79)60(80)74-24-15-14-18-50(74)61(81)87-53/h11-13,16-17,31,36-37,39,41-42,44-45,47-54,57-58,77-78,83H,10,14-15,18-30,32-35,38,65H2,1-9H3,(H,69,82)/b13-11+,16-12+,40-17+,43-31+/t39-,41-,42-,44-,45+,47+,48-,49?,50+,51-,52+,53+,54-,57-,58+,64-/m1/s1. The number of allylic oxidation sites excluding steroid dienone is 5. The third kappa shape index (κ3) is 20.2. The van der Waals surface area contributed by atoms with Crippen molar-refractivity contribution in [1.29, 1.82) is 0 Å². The molecule has 6 rings (SSSR count). The highest BCUT2D eigenvalue weighted by Gasteiger charge is 2.53. The minimum Gasteiger partial charge on any atom is -0.459 e. The van der Waals surface area contributed by atoms with Gasteiger partial charge in [-0.3, -0.25) is 19.2 Å². The first-order valence-corrected chi connectivity index (χ1v) is 31.8. The van der Waals surface area contributed by atoms with Gasteiger partial charge >= 0.3 is 12.1 Å². The van der Waals surface area contributed by atoms with Crippen LogP contribution in [0.3, 0.4) is 0 Å². The van der Waals surface area contributed by atoms with Gasteiger partial charge in [-0.15, -0.1) is 0 Å². The quantitative estimate of drug-likeness (QED) is 0.0266. The molecule has 5 aliphatic rings. The maximum atomic E-state index is 14.8. The summed E-state index contributed by atoms with van der Waals surface area (Å²) >= 11 is 0. The second-order valence-corrected chi connectivity index (χ2v) is 24.9. The number of aliphatic hydroxyl groups excluding tert-OH is 2. The Labute approximate surface area is 523 Å². The molecule has 5 heterocycles. The van der Waals surface area contributed by atoms with E-state index in [1.807, 2.05) is 61.0 Å². The Kier molecular flexibility index (Phi) is 28.2. The second kappa shape index (κ2) is 34.9. The highest BCUT2D eigenvalue weighted by atomic mass is 16.6. The molecule has 0 spiro atoms. The summed E-state index contributed by atoms with van der Waals surface area (Å²) in [6.45, 7) is 15.7. The Morgan fingerprint density at radius 3 is 2.30 bits per heavy atom. The zero-order chi connectivity index (χ0) is 65.0. The lowest BCUT2D eigenvalue weighted by molar-refractivity contribution is -0.265. The first-order valence-electron chi connectivity index (χ1n) is 31.8. The summed E-state index contributed by atoms with van der Waals surface area (Å²) < 4.78 is 35.5. The number of aromatic nitrogens is 2. The van der Waals surface area contributed by atoms with Gasteiger partial charge in [0, 0.05) is 113 Å². The summed E-state index contributed by atoms with van der Waals surface area (Å²) in [5, 5.41) is 41.6. The van der Waals surface area contributed by atoms with Crippen LogP contribution in [-0.4, -0.2) is 197 Å². The third-order valence-electron chi connectivity index (χ3n) is 18.3. The molecule has 494 valence electrons. The van der Waals surface area contributed by atoms with E-state index in [0.29, 0.717) is 109 Å². The SMILES string of the molecule is CCOCCC(=O)N1CCN(c2ncc(CNC(=O)O[C@@H]3CC[C@@H](C[C@@H](N)[C@@H]4CC(N=[N+]=[N-])[C@H](C)/C=C(\C)[C@@H](O)[C@@H](O)C(=O)[C@H](C)C[C@H](C)/C=C/C=C/C=C(\C)[C@@H](OC)C[C@@H]5CC[C@@H](C)[C@@](O)(O5)C(=O)C(=O)N5CCCC[C@H]5C(=O)O4)C[C@H]3OC)cn2)CC1. The van der Waals surface area contributed by atoms with Gasteiger partial charge in [0.2, 0.25) is 17.6 Å². The molecule has 3 saturated heterocycles. The van der Waals surface area contributed by atoms with Gasteiger partial charge in [0.1, 0.15) is 30.5 Å². The normalized spacial score (nSPS) is 34.3. The number of rotatable bonds is 14. The van der Waals surface area contributed by atoms with Gasteiger partial charge in [0.25, 0.3) is 11.7 Å². The molecule has 1 aromatic heterocycles. The first kappa shape index (κ1) is 71.9. The van der Waals surface area contributed by atoms with Gasteiger partial charge in [0.05, 0.1) is 31.3 Å². The molecule has 0 aromatic carbocycles. The molecule has 4 aliphatic heterocycles. The van der Waals surface area contributed by atoms with Crippen molar-refractivity contribution < 1.29 is 72.5 Å². The summed E-state index contributed by atoms with van der Waals surface area (Å²) in [6.07, 6.45) is 11.0. The van der Waals surface area contributed by atoms with E-state index < -0.39 is 114 Å². The topological polar surface area (TPSA) is 341 Å². The number of alkyl carbamates (subject to hydrolysis) is 1. The lowest BCUT2D eigenvalue weighted by Crippen LogP contribution is -2.61. The molecule has 16 atom stereocenters. The number of anilines is 1. The lowest BCUT2D eigenvalue weighted by Gasteiger charge is -2.43. The van der Waals surface area contributed by atoms with Crippen LogP contribution in [0.25, 0.3) is 10.4 Å². The van der Waals surface area contributed by atoms with Crippen LogP contribution in [0.5, 0.6) is 0 Å². The monoisotopic (exact) mass is 1250 g/mol. The van der Waals surface area contributed by atoms with E-state index in [4.69, 9.17) is 34.2 Å². The number of azide groups is 1. The number of aliphatic hydroxyl groups is 3. The predicted molar refractivity (Wildman–Crippen MR) is 330 cm³/mol. The van der Waals surface area contributed by atoms with Crippen molar-refractivity contribution in [1.82, 2.24) is 25.1 Å². The summed E-state index contributed by atoms with van der Waals surface area (Å²) in [5.74, 6) is -7.93. The van der Waals surface area contributed by atoms with E-state index in [0.717, 1.165) is 10.5 Å². The maximum absolute atomic E-state index is 14.8. The van der Waals surface area contributed by atoms with Crippen LogP contribution in [-0.2, 0) is 58.9 Å². The number of amides is 3. The van der Waals surface area contributed by atoms with Crippen molar-refractivity contribution in [3.05, 3.63) is 76.0 Å². The van der Waals surface area contributed by atoms with Crippen LogP contribution in [0.1, 0.15) is 138 Å². The highest BCUT2D eigenvalue weighted by Crippen LogP contribution is 2.38. The molecule has 1 unspecified atom stereocenters. The first-order chi connectivity index (χ1) is 42.5. The minimum atomic E-state index is -2.50. The van der Waals surface area contributed by atoms with Crippen LogP contribution in [0.2, 0.25) is 0 Å². The number of hydrogen-bond donors (Lipinski definition) is 5. The van der Waals surface area contributed by atoms with Gasteiger partial charge in [-0.1, -0.05) is 69.3 Å². The number of hydrogen-bond acceptors (Lipinski definition) is 20. The number of piperazine rings is 1. The van der Waals surface area contributed by atoms with Gasteiger partial charge in [-0.05, 0) is 126 Å². The van der Waals surface area contributed by atoms with E-state index >= 15 is 0 Å². The van der Waals surface area contributed by atoms with Gasteiger partial charge in [-0.25, -0.2) is 19.6 Å². The number of nitrogens with zero attached hydrogens (tertiary/aromatic N) is 8. The van der Waals surface area contributed by atoms with E-state index in [-0.39, 0.29) is 62.1 Å². The Hall–Kier alpha value is -6.15. The van der Waals surface area contributed by atoms with Crippen molar-refractivity contribution in [3.63, 3.8) is 0 Å². The Morgan fingerprint density at radius 1 is 0.888 bits per heavy atom. The molecule has 89 heavy (non-hydrogen) atoms. The average molecular weight is 1250 g/mol. The van der Waals surface area contributed by atoms with E-state index in [1.165, 1.54) is 7.11 Å². The van der Waals surface area contributed by atoms with Crippen molar-refractivity contribution in [3.8, 4) is 0 Å². The fraction of sp³-hybridized carbons (Fsp3) is 0.719. The summed E-state index contributed by atoms with van der Waals surface area (Å²) in [5.41, 5.74) is 18.8. The Balaban J connectivity index is 1.18. The smallest absolute Gasteiger partial charge is 0.407 e. The summed E-state index contributed by atoms with van der Waals surface area (Å²) in [7, 11) is 3.07. The molecule has 2 bridgehead atoms. The lowest BCUT2D eigenvalue weighted by atomic mass is 9.80. The zero-order valence-corrected chi connectivity index (χ0v) is 53.5. The van der Waals surface area contributed by atoms with Crippen LogP contribution in [0.4, 0.5) is 10.7 Å². The molecular formula is C64H98N10O15. The number of cyclic esters (lactones) is 1. The maximum Gasteiger partial charge on any atom is 0.407 e. The molecule has 6 N–H and O–H groups in total. The largest absolute Gasteiger partial charge is 0.459 e. The molecule has 0 radical (unpaired) electrons. The Morgan fingerprint density at radius 2 is 1.62 bits per heavy atom. The van der Waals surface area contributed by atoms with Crippen LogP contribution >= 0.6 is 0 Å². The Bertz CT molecular complexity index is 2700. The molecule has 1 aliphatic carbocycles. The summed E-state index contributed by atoms with van der Waals surface area (Å²) in [6, 6.07) is -3.16. The average Bonchev–Trinajstić information content (AvgIpc) is 1.88. The predicted octanol–water partition coefficient (Wildman–Crippen LogP) is 6.13. The van der Waals surface area contributed by atoms with E-state index in [9.17, 15) is 49.6 Å². The number of esters is 1. The number of piperidine rings is 1. The third-order valence-corrected chi connectivity index (χ3v) is 18.3. The van der Waals surface area contributed by atoms with Crippen molar-refractivity contribution >= 4 is 41.4 Å². The molecule has 4 fully saturated rings. The van der Waals surface area contributed by atoms with Crippen molar-refractivity contribution in [2.45, 2.75) is 205 Å². The number of Topliss-reactive ketones (excluding diaryl/α,β-unsaturated/α-hetero) is 2. The van der Waals surface area contributed by atoms with Gasteiger partial charge < -0.3 is 69.5 Å². The fourth-order valence-corrected chi connectivity index (χ4v) is 12.7. The molecular weight excluding hydrogens is 1150 g/mol. The minimum absolute atomic E-state index is 0.00779. The van der Waals surface area contributed by atoms with Crippen LogP contribution < -0.4 is 16.0 Å². The van der Waals surface area contributed by atoms with Crippen molar-refractivity contribution in [2.24, 2.45) is 40.4 Å². The fourth-order valence-electron chi connectivity index (χ4n) is 12.7. The number of carbonyl (C=O) groups is 6.